The van der Waals surface area contributed by atoms with Gasteiger partial charge in [0.2, 0.25) is 0 Å². The van der Waals surface area contributed by atoms with E-state index in [4.69, 9.17) is 0 Å². The van der Waals surface area contributed by atoms with Crippen LogP contribution in [0.1, 0.15) is 22.6 Å². The summed E-state index contributed by atoms with van der Waals surface area (Å²) >= 11 is 0. The lowest BCUT2D eigenvalue weighted by Crippen LogP contribution is -2.11. The molecule has 1 heteroatoms. The lowest BCUT2D eigenvalue weighted by Gasteiger charge is -2.14. The van der Waals surface area contributed by atoms with Gasteiger partial charge in [0.15, 0.2) is 0 Å². The highest BCUT2D eigenvalue weighted by molar-refractivity contribution is 5.81. The molecule has 1 nitrogen and oxygen atoms in total. The van der Waals surface area contributed by atoms with Crippen molar-refractivity contribution in [1.29, 1.82) is 0 Å². The van der Waals surface area contributed by atoms with Crippen LogP contribution in [0.25, 0.3) is 6.08 Å². The van der Waals surface area contributed by atoms with Crippen LogP contribution in [0.15, 0.2) is 48.2 Å². The second-order valence-electron chi connectivity index (χ2n) is 4.66. The van der Waals surface area contributed by atoms with Crippen molar-refractivity contribution in [3.63, 3.8) is 0 Å². The molecule has 0 saturated carbocycles. The summed E-state index contributed by atoms with van der Waals surface area (Å²) in [6.45, 7) is 0. The number of anilines is 1. The van der Waals surface area contributed by atoms with Crippen LogP contribution in [0.4, 0.5) is 5.69 Å². The number of hydrogen-bond acceptors (Lipinski definition) is 1. The van der Waals surface area contributed by atoms with Crippen LogP contribution in [0.2, 0.25) is 0 Å². The van der Waals surface area contributed by atoms with E-state index >= 15 is 0 Å². The molecule has 1 radical (unpaired) electrons. The highest BCUT2D eigenvalue weighted by Crippen LogP contribution is 2.50. The molecular formula is C16H12N. The second kappa shape index (κ2) is 3.01. The molecular weight excluding hydrogens is 206 g/mol. The molecule has 0 saturated heterocycles. The summed E-state index contributed by atoms with van der Waals surface area (Å²) in [6, 6.07) is 18.3. The normalized spacial score (nSPS) is 19.7. The van der Waals surface area contributed by atoms with Crippen molar-refractivity contribution in [2.75, 3.05) is 11.9 Å². The summed E-state index contributed by atoms with van der Waals surface area (Å²) in [4.78, 5) is 2.29. The molecule has 1 atom stereocenters. The van der Waals surface area contributed by atoms with E-state index in [0.717, 1.165) is 0 Å². The van der Waals surface area contributed by atoms with Gasteiger partial charge in [0.25, 0.3) is 0 Å². The Bertz CT molecular complexity index is 639. The van der Waals surface area contributed by atoms with Gasteiger partial charge in [0.05, 0.1) is 5.92 Å². The Kier molecular flexibility index (Phi) is 1.60. The first-order chi connectivity index (χ1) is 8.36. The minimum Gasteiger partial charge on any atom is -0.347 e. The first-order valence-corrected chi connectivity index (χ1v) is 5.91. The van der Waals surface area contributed by atoms with Crippen molar-refractivity contribution in [2.24, 2.45) is 0 Å². The van der Waals surface area contributed by atoms with Crippen molar-refractivity contribution in [3.05, 3.63) is 70.9 Å². The van der Waals surface area contributed by atoms with Crippen LogP contribution < -0.4 is 4.90 Å². The largest absolute Gasteiger partial charge is 0.347 e. The lowest BCUT2D eigenvalue weighted by molar-refractivity contribution is 0.989. The molecule has 0 aromatic heterocycles. The van der Waals surface area contributed by atoms with E-state index in [1.807, 2.05) is 6.07 Å². The molecule has 2 aromatic rings. The SMILES string of the molecule is CN1C2=Cc3ccccc3C2c2[c]cccc21. The van der Waals surface area contributed by atoms with Gasteiger partial charge in [-0.2, -0.15) is 0 Å². The Morgan fingerprint density at radius 2 is 2.00 bits per heavy atom. The highest BCUT2D eigenvalue weighted by Gasteiger charge is 2.36. The van der Waals surface area contributed by atoms with Crippen LogP contribution in [0.5, 0.6) is 0 Å². The van der Waals surface area contributed by atoms with Crippen LogP contribution in [-0.2, 0) is 0 Å². The van der Waals surface area contributed by atoms with Crippen molar-refractivity contribution in [2.45, 2.75) is 5.92 Å². The average Bonchev–Trinajstić information content (AvgIpc) is 2.88. The molecule has 0 fully saturated rings. The van der Waals surface area contributed by atoms with Gasteiger partial charge < -0.3 is 4.90 Å². The smallest absolute Gasteiger partial charge is 0.0525 e. The fourth-order valence-electron chi connectivity index (χ4n) is 3.00. The molecule has 17 heavy (non-hydrogen) atoms. The average molecular weight is 218 g/mol. The van der Waals surface area contributed by atoms with Gasteiger partial charge >= 0.3 is 0 Å². The van der Waals surface area contributed by atoms with E-state index in [-0.39, 0.29) is 0 Å². The maximum atomic E-state index is 3.41. The maximum absolute atomic E-state index is 3.41. The Labute approximate surface area is 101 Å². The molecule has 0 bridgehead atoms. The molecule has 1 unspecified atom stereocenters. The van der Waals surface area contributed by atoms with Gasteiger partial charge in [-0.05, 0) is 34.9 Å². The number of hydrogen-bond donors (Lipinski definition) is 0. The third-order valence-corrected chi connectivity index (χ3v) is 3.81. The molecule has 1 aliphatic carbocycles. The number of likely N-dealkylation sites (N-methyl/N-ethyl adjacent to an activating group) is 1. The summed E-state index contributed by atoms with van der Waals surface area (Å²) in [6.07, 6.45) is 2.30. The summed E-state index contributed by atoms with van der Waals surface area (Å²) in [5, 5.41) is 0. The molecule has 2 aliphatic rings. The van der Waals surface area contributed by atoms with Gasteiger partial charge in [0.1, 0.15) is 0 Å². The number of nitrogens with zero attached hydrogens (tertiary/aromatic N) is 1. The summed E-state index contributed by atoms with van der Waals surface area (Å²) in [5.41, 5.74) is 6.74. The van der Waals surface area contributed by atoms with Crippen LogP contribution in [0.3, 0.4) is 0 Å². The molecule has 2 aromatic carbocycles. The Morgan fingerprint density at radius 1 is 1.12 bits per heavy atom. The van der Waals surface area contributed by atoms with Crippen LogP contribution in [0, 0.1) is 6.07 Å². The van der Waals surface area contributed by atoms with E-state index in [1.54, 1.807) is 0 Å². The first-order valence-electron chi connectivity index (χ1n) is 5.91. The fraction of sp³-hybridized carbons (Fsp3) is 0.125. The number of fused-ring (bicyclic) bond motifs is 5. The predicted molar refractivity (Wildman–Crippen MR) is 69.9 cm³/mol. The zero-order valence-corrected chi connectivity index (χ0v) is 9.64. The molecule has 81 valence electrons. The second-order valence-corrected chi connectivity index (χ2v) is 4.66. The molecule has 0 N–H and O–H groups in total. The monoisotopic (exact) mass is 218 g/mol. The predicted octanol–water partition coefficient (Wildman–Crippen LogP) is 3.42. The van der Waals surface area contributed by atoms with Crippen molar-refractivity contribution in [1.82, 2.24) is 0 Å². The van der Waals surface area contributed by atoms with E-state index in [1.165, 1.54) is 28.1 Å². The Balaban J connectivity index is 2.01. The fourth-order valence-corrected chi connectivity index (χ4v) is 3.00. The van der Waals surface area contributed by atoms with Crippen LogP contribution in [-0.4, -0.2) is 7.05 Å². The summed E-state index contributed by atoms with van der Waals surface area (Å²) < 4.78 is 0. The molecule has 1 heterocycles. The highest BCUT2D eigenvalue weighted by atomic mass is 15.1. The van der Waals surface area contributed by atoms with Gasteiger partial charge in [-0.1, -0.05) is 36.4 Å². The Morgan fingerprint density at radius 3 is 2.94 bits per heavy atom. The van der Waals surface area contributed by atoms with Crippen LogP contribution >= 0.6 is 0 Å². The zero-order valence-electron chi connectivity index (χ0n) is 9.64. The third kappa shape index (κ3) is 1.04. The number of benzene rings is 2. The third-order valence-electron chi connectivity index (χ3n) is 3.81. The molecule has 1 aliphatic heterocycles. The summed E-state index contributed by atoms with van der Waals surface area (Å²) in [7, 11) is 2.14. The van der Waals surface area contributed by atoms with Gasteiger partial charge in [-0.15, -0.1) is 0 Å². The van der Waals surface area contributed by atoms with Gasteiger partial charge in [-0.25, -0.2) is 0 Å². The molecule has 4 rings (SSSR count). The standard InChI is InChI=1S/C16H12N/c1-17-14-9-5-4-8-13(14)16-12-7-3-2-6-11(12)10-15(16)17/h2-7,9-10,16H,1H3. The Hall–Kier alpha value is -2.02. The topological polar surface area (TPSA) is 3.24 Å². The van der Waals surface area contributed by atoms with Crippen molar-refractivity contribution in [3.8, 4) is 0 Å². The number of rotatable bonds is 0. The van der Waals surface area contributed by atoms with E-state index < -0.39 is 0 Å². The first kappa shape index (κ1) is 9.06. The van der Waals surface area contributed by atoms with Crippen molar-refractivity contribution >= 4 is 11.8 Å². The van der Waals surface area contributed by atoms with E-state index in [2.05, 4.69) is 60.5 Å². The van der Waals surface area contributed by atoms with Crippen molar-refractivity contribution < 1.29 is 0 Å². The maximum Gasteiger partial charge on any atom is 0.0525 e. The number of allylic oxidation sites excluding steroid dienone is 1. The minimum atomic E-state index is 0.396. The van der Waals surface area contributed by atoms with E-state index in [9.17, 15) is 0 Å². The lowest BCUT2D eigenvalue weighted by atomic mass is 9.93. The van der Waals surface area contributed by atoms with Gasteiger partial charge in [0, 0.05) is 18.4 Å². The minimum absolute atomic E-state index is 0.396. The van der Waals surface area contributed by atoms with Gasteiger partial charge in [-0.3, -0.25) is 0 Å². The zero-order chi connectivity index (χ0) is 11.4. The molecule has 0 amide bonds. The molecule has 0 spiro atoms. The summed E-state index contributed by atoms with van der Waals surface area (Å²) in [5.74, 6) is 0.396. The van der Waals surface area contributed by atoms with E-state index in [0.29, 0.717) is 5.92 Å². The quantitative estimate of drug-likeness (QED) is 0.655.